The molecule has 20 heavy (non-hydrogen) atoms. The van der Waals surface area contributed by atoms with Gasteiger partial charge in [-0.3, -0.25) is 4.79 Å². The predicted molar refractivity (Wildman–Crippen MR) is 86.4 cm³/mol. The second kappa shape index (κ2) is 10.7. The van der Waals surface area contributed by atoms with Crippen LogP contribution < -0.4 is 5.32 Å². The van der Waals surface area contributed by atoms with Crippen molar-refractivity contribution in [1.82, 2.24) is 5.32 Å². The molecule has 0 atom stereocenters. The van der Waals surface area contributed by atoms with Gasteiger partial charge in [-0.15, -0.1) is 0 Å². The Morgan fingerprint density at radius 2 is 1.60 bits per heavy atom. The van der Waals surface area contributed by atoms with Crippen molar-refractivity contribution in [2.24, 2.45) is 0 Å². The smallest absolute Gasteiger partial charge is 0.252 e. The largest absolute Gasteiger partial charge is 0.352 e. The van der Waals surface area contributed by atoms with E-state index in [1.165, 1.54) is 44.9 Å². The van der Waals surface area contributed by atoms with Gasteiger partial charge in [0.25, 0.3) is 5.91 Å². The molecule has 0 saturated carbocycles. The molecule has 0 spiro atoms. The molecule has 1 rings (SSSR count). The lowest BCUT2D eigenvalue weighted by Crippen LogP contribution is -2.24. The van der Waals surface area contributed by atoms with E-state index in [4.69, 9.17) is 11.6 Å². The summed E-state index contributed by atoms with van der Waals surface area (Å²) in [6, 6.07) is 7.16. The van der Waals surface area contributed by atoms with Crippen molar-refractivity contribution in [2.45, 2.75) is 58.3 Å². The van der Waals surface area contributed by atoms with Gasteiger partial charge in [-0.05, 0) is 18.6 Å². The van der Waals surface area contributed by atoms with Crippen LogP contribution in [0.25, 0.3) is 0 Å². The van der Waals surface area contributed by atoms with Gasteiger partial charge in [0.15, 0.2) is 0 Å². The summed E-state index contributed by atoms with van der Waals surface area (Å²) >= 11 is 5.98. The number of carbonyl (C=O) groups is 1. The molecule has 3 heteroatoms. The number of halogens is 1. The van der Waals surface area contributed by atoms with Gasteiger partial charge in [0.2, 0.25) is 0 Å². The van der Waals surface area contributed by atoms with Crippen LogP contribution in [0.1, 0.15) is 68.6 Å². The lowest BCUT2D eigenvalue weighted by molar-refractivity contribution is 0.0953. The summed E-state index contributed by atoms with van der Waals surface area (Å²) in [5, 5.41) is 3.44. The number of hydrogen-bond donors (Lipinski definition) is 1. The van der Waals surface area contributed by atoms with Gasteiger partial charge in [0, 0.05) is 6.54 Å². The maximum atomic E-state index is 11.9. The Morgan fingerprint density at radius 3 is 2.25 bits per heavy atom. The lowest BCUT2D eigenvalue weighted by atomic mass is 10.1. The summed E-state index contributed by atoms with van der Waals surface area (Å²) in [5.41, 5.74) is 0.564. The first-order valence-electron chi connectivity index (χ1n) is 7.78. The van der Waals surface area contributed by atoms with Crippen LogP contribution in [0.3, 0.4) is 0 Å². The molecule has 0 unspecified atom stereocenters. The number of benzene rings is 1. The number of hydrogen-bond acceptors (Lipinski definition) is 1. The Kier molecular flexibility index (Phi) is 9.14. The van der Waals surface area contributed by atoms with Crippen molar-refractivity contribution in [3.8, 4) is 0 Å². The minimum atomic E-state index is -0.0708. The summed E-state index contributed by atoms with van der Waals surface area (Å²) in [5.74, 6) is -0.0708. The van der Waals surface area contributed by atoms with Gasteiger partial charge < -0.3 is 5.32 Å². The van der Waals surface area contributed by atoms with E-state index in [-0.39, 0.29) is 5.91 Å². The molecule has 1 aromatic rings. The summed E-state index contributed by atoms with van der Waals surface area (Å²) in [7, 11) is 0. The Bertz CT molecular complexity index is 392. The fourth-order valence-electron chi connectivity index (χ4n) is 2.20. The molecule has 1 N–H and O–H groups in total. The molecular formula is C17H26ClNO. The normalized spacial score (nSPS) is 10.5. The van der Waals surface area contributed by atoms with Gasteiger partial charge in [-0.1, -0.05) is 75.6 Å². The molecule has 0 radical (unpaired) electrons. The average Bonchev–Trinajstić information content (AvgIpc) is 2.46. The number of amides is 1. The Hall–Kier alpha value is -1.02. The van der Waals surface area contributed by atoms with Crippen molar-refractivity contribution >= 4 is 17.5 Å². The zero-order valence-electron chi connectivity index (χ0n) is 12.5. The molecule has 1 amide bonds. The maximum Gasteiger partial charge on any atom is 0.252 e. The molecule has 0 bridgehead atoms. The SMILES string of the molecule is CCCCCCCCCCNC(=O)c1ccccc1Cl. The average molecular weight is 296 g/mol. The molecule has 0 heterocycles. The van der Waals surface area contributed by atoms with E-state index in [0.29, 0.717) is 10.6 Å². The van der Waals surface area contributed by atoms with E-state index < -0.39 is 0 Å². The summed E-state index contributed by atoms with van der Waals surface area (Å²) in [6.45, 7) is 2.97. The fourth-order valence-corrected chi connectivity index (χ4v) is 2.42. The second-order valence-electron chi connectivity index (χ2n) is 5.21. The number of carbonyl (C=O) groups excluding carboxylic acids is 1. The van der Waals surface area contributed by atoms with Crippen molar-refractivity contribution in [3.63, 3.8) is 0 Å². The van der Waals surface area contributed by atoms with E-state index in [1.807, 2.05) is 12.1 Å². The molecule has 112 valence electrons. The third-order valence-electron chi connectivity index (χ3n) is 3.43. The fraction of sp³-hybridized carbons (Fsp3) is 0.588. The molecule has 0 aliphatic rings. The molecule has 0 fully saturated rings. The lowest BCUT2D eigenvalue weighted by Gasteiger charge is -2.06. The highest BCUT2D eigenvalue weighted by Gasteiger charge is 2.07. The van der Waals surface area contributed by atoms with Crippen molar-refractivity contribution in [2.75, 3.05) is 6.54 Å². The molecule has 0 aliphatic heterocycles. The third kappa shape index (κ3) is 6.95. The molecule has 0 aromatic heterocycles. The Labute approximate surface area is 127 Å². The first-order valence-corrected chi connectivity index (χ1v) is 8.16. The Morgan fingerprint density at radius 1 is 1.00 bits per heavy atom. The van der Waals surface area contributed by atoms with Gasteiger partial charge in [-0.25, -0.2) is 0 Å². The molecule has 1 aromatic carbocycles. The number of nitrogens with one attached hydrogen (secondary N) is 1. The zero-order chi connectivity index (χ0) is 14.6. The number of unbranched alkanes of at least 4 members (excludes halogenated alkanes) is 7. The first-order chi connectivity index (χ1) is 9.75. The number of rotatable bonds is 10. The summed E-state index contributed by atoms with van der Waals surface area (Å²) in [4.78, 5) is 11.9. The second-order valence-corrected chi connectivity index (χ2v) is 5.62. The van der Waals surface area contributed by atoms with Crippen molar-refractivity contribution in [3.05, 3.63) is 34.9 Å². The van der Waals surface area contributed by atoms with E-state index in [1.54, 1.807) is 12.1 Å². The topological polar surface area (TPSA) is 29.1 Å². The molecule has 0 aliphatic carbocycles. The van der Waals surface area contributed by atoms with Gasteiger partial charge in [0.05, 0.1) is 10.6 Å². The standard InChI is InChI=1S/C17H26ClNO/c1-2-3-4-5-6-7-8-11-14-19-17(20)15-12-9-10-13-16(15)18/h9-10,12-13H,2-8,11,14H2,1H3,(H,19,20). The van der Waals surface area contributed by atoms with Gasteiger partial charge >= 0.3 is 0 Å². The minimum Gasteiger partial charge on any atom is -0.352 e. The van der Waals surface area contributed by atoms with Crippen LogP contribution in [-0.4, -0.2) is 12.5 Å². The van der Waals surface area contributed by atoms with E-state index >= 15 is 0 Å². The predicted octanol–water partition coefficient (Wildman–Crippen LogP) is 5.21. The van der Waals surface area contributed by atoms with Crippen LogP contribution >= 0.6 is 11.6 Å². The third-order valence-corrected chi connectivity index (χ3v) is 3.76. The quantitative estimate of drug-likeness (QED) is 0.590. The molecule has 2 nitrogen and oxygen atoms in total. The monoisotopic (exact) mass is 295 g/mol. The van der Waals surface area contributed by atoms with Crippen LogP contribution in [0, 0.1) is 0 Å². The van der Waals surface area contributed by atoms with Crippen LogP contribution in [-0.2, 0) is 0 Å². The first kappa shape index (κ1) is 17.0. The highest BCUT2D eigenvalue weighted by molar-refractivity contribution is 6.33. The summed E-state index contributed by atoms with van der Waals surface area (Å²) < 4.78 is 0. The molecular weight excluding hydrogens is 270 g/mol. The van der Waals surface area contributed by atoms with Gasteiger partial charge in [-0.2, -0.15) is 0 Å². The minimum absolute atomic E-state index is 0.0708. The van der Waals surface area contributed by atoms with Crippen molar-refractivity contribution < 1.29 is 4.79 Å². The highest BCUT2D eigenvalue weighted by Crippen LogP contribution is 2.14. The van der Waals surface area contributed by atoms with Crippen LogP contribution in [0.15, 0.2) is 24.3 Å². The summed E-state index contributed by atoms with van der Waals surface area (Å²) in [6.07, 6.45) is 10.2. The highest BCUT2D eigenvalue weighted by atomic mass is 35.5. The van der Waals surface area contributed by atoms with E-state index in [9.17, 15) is 4.79 Å². The Balaban J connectivity index is 2.04. The van der Waals surface area contributed by atoms with Crippen LogP contribution in [0.5, 0.6) is 0 Å². The van der Waals surface area contributed by atoms with Crippen LogP contribution in [0.2, 0.25) is 5.02 Å². The van der Waals surface area contributed by atoms with Gasteiger partial charge in [0.1, 0.15) is 0 Å². The maximum absolute atomic E-state index is 11.9. The zero-order valence-corrected chi connectivity index (χ0v) is 13.2. The van der Waals surface area contributed by atoms with Crippen LogP contribution in [0.4, 0.5) is 0 Å². The van der Waals surface area contributed by atoms with E-state index in [2.05, 4.69) is 12.2 Å². The molecule has 0 saturated heterocycles. The van der Waals surface area contributed by atoms with E-state index in [0.717, 1.165) is 13.0 Å². The van der Waals surface area contributed by atoms with Crippen molar-refractivity contribution in [1.29, 1.82) is 0 Å².